The lowest BCUT2D eigenvalue weighted by Gasteiger charge is -2.36. The van der Waals surface area contributed by atoms with Crippen molar-refractivity contribution in [1.82, 2.24) is 15.2 Å². The number of carbonyl (C=O) groups excluding carboxylic acids is 2. The van der Waals surface area contributed by atoms with Gasteiger partial charge in [0, 0.05) is 49.4 Å². The minimum atomic E-state index is -0.201. The maximum Gasteiger partial charge on any atom is 0.257 e. The Bertz CT molecular complexity index is 1050. The molecule has 1 saturated heterocycles. The van der Waals surface area contributed by atoms with Crippen LogP contribution in [0.4, 0.5) is 10.8 Å². The molecule has 1 aromatic heterocycles. The van der Waals surface area contributed by atoms with Gasteiger partial charge in [0.2, 0.25) is 5.91 Å². The van der Waals surface area contributed by atoms with Crippen LogP contribution in [0.15, 0.2) is 66.0 Å². The Kier molecular flexibility index (Phi) is 8.65. The van der Waals surface area contributed by atoms with Crippen molar-refractivity contribution in [2.24, 2.45) is 0 Å². The number of aromatic nitrogens is 1. The van der Waals surface area contributed by atoms with Crippen molar-refractivity contribution in [3.8, 4) is 0 Å². The average Bonchev–Trinajstić information content (AvgIpc) is 3.31. The van der Waals surface area contributed by atoms with Crippen LogP contribution >= 0.6 is 11.3 Å². The summed E-state index contributed by atoms with van der Waals surface area (Å²) in [4.78, 5) is 33.8. The SMILES string of the molecule is O=C(Cc1csc(NC(=O)c2ccccc2)n1)NCCCCN1CCN(c2ccccc2)CC1. The molecule has 0 radical (unpaired) electrons. The van der Waals surface area contributed by atoms with E-state index in [0.717, 1.165) is 45.6 Å². The number of para-hydroxylation sites is 1. The maximum absolute atomic E-state index is 12.3. The van der Waals surface area contributed by atoms with Crippen molar-refractivity contribution < 1.29 is 9.59 Å². The largest absolute Gasteiger partial charge is 0.369 e. The summed E-state index contributed by atoms with van der Waals surface area (Å²) in [6.45, 7) is 6.01. The molecule has 0 saturated carbocycles. The lowest BCUT2D eigenvalue weighted by molar-refractivity contribution is -0.120. The number of carbonyl (C=O) groups is 2. The van der Waals surface area contributed by atoms with E-state index in [2.05, 4.69) is 55.7 Å². The summed E-state index contributed by atoms with van der Waals surface area (Å²) in [7, 11) is 0. The van der Waals surface area contributed by atoms with Crippen molar-refractivity contribution in [3.63, 3.8) is 0 Å². The highest BCUT2D eigenvalue weighted by Gasteiger charge is 2.16. The van der Waals surface area contributed by atoms with Crippen LogP contribution in [0, 0.1) is 0 Å². The van der Waals surface area contributed by atoms with Gasteiger partial charge in [0.25, 0.3) is 5.91 Å². The zero-order valence-electron chi connectivity index (χ0n) is 19.3. The van der Waals surface area contributed by atoms with Crippen molar-refractivity contribution in [1.29, 1.82) is 0 Å². The molecule has 0 atom stereocenters. The highest BCUT2D eigenvalue weighted by molar-refractivity contribution is 7.14. The van der Waals surface area contributed by atoms with Crippen LogP contribution in [0.25, 0.3) is 0 Å². The van der Waals surface area contributed by atoms with Gasteiger partial charge in [0.1, 0.15) is 0 Å². The standard InChI is InChI=1S/C26H31N5O2S/c32-24(19-22-20-34-26(28-22)29-25(33)21-9-3-1-4-10-21)27-13-7-8-14-30-15-17-31(18-16-30)23-11-5-2-6-12-23/h1-6,9-12,20H,7-8,13-19H2,(H,27,32)(H,28,29,33). The molecule has 2 amide bonds. The minimum Gasteiger partial charge on any atom is -0.369 e. The highest BCUT2D eigenvalue weighted by atomic mass is 32.1. The van der Waals surface area contributed by atoms with Gasteiger partial charge < -0.3 is 10.2 Å². The monoisotopic (exact) mass is 477 g/mol. The predicted molar refractivity (Wildman–Crippen MR) is 138 cm³/mol. The van der Waals surface area contributed by atoms with E-state index in [1.54, 1.807) is 12.1 Å². The summed E-state index contributed by atoms with van der Waals surface area (Å²) in [6.07, 6.45) is 2.25. The normalized spacial score (nSPS) is 14.1. The average molecular weight is 478 g/mol. The van der Waals surface area contributed by atoms with Crippen molar-refractivity contribution >= 4 is 34.0 Å². The summed E-state index contributed by atoms with van der Waals surface area (Å²) in [5.41, 5.74) is 2.55. The molecule has 0 aliphatic carbocycles. The quantitative estimate of drug-likeness (QED) is 0.436. The zero-order chi connectivity index (χ0) is 23.6. The molecule has 1 aliphatic heterocycles. The first-order chi connectivity index (χ1) is 16.7. The molecule has 2 aromatic carbocycles. The lowest BCUT2D eigenvalue weighted by atomic mass is 10.2. The van der Waals surface area contributed by atoms with Crippen molar-refractivity contribution in [2.45, 2.75) is 19.3 Å². The molecule has 2 N–H and O–H groups in total. The van der Waals surface area contributed by atoms with Crippen LogP contribution < -0.4 is 15.5 Å². The van der Waals surface area contributed by atoms with E-state index in [9.17, 15) is 9.59 Å². The van der Waals surface area contributed by atoms with Gasteiger partial charge in [-0.3, -0.25) is 19.8 Å². The third-order valence-electron chi connectivity index (χ3n) is 5.87. The molecular formula is C26H31N5O2S. The molecule has 1 fully saturated rings. The number of piperazine rings is 1. The summed E-state index contributed by atoms with van der Waals surface area (Å²) in [5, 5.41) is 8.09. The molecule has 8 heteroatoms. The van der Waals surface area contributed by atoms with E-state index < -0.39 is 0 Å². The Morgan fingerprint density at radius 3 is 2.35 bits per heavy atom. The number of hydrogen-bond donors (Lipinski definition) is 2. The Labute approximate surface area is 204 Å². The molecule has 4 rings (SSSR count). The van der Waals surface area contributed by atoms with Crippen LogP contribution in [-0.2, 0) is 11.2 Å². The van der Waals surface area contributed by atoms with Gasteiger partial charge in [-0.05, 0) is 43.7 Å². The predicted octanol–water partition coefficient (Wildman–Crippen LogP) is 3.66. The first-order valence-electron chi connectivity index (χ1n) is 11.8. The molecule has 0 bridgehead atoms. The van der Waals surface area contributed by atoms with Crippen LogP contribution in [0.3, 0.4) is 0 Å². The van der Waals surface area contributed by atoms with Crippen LogP contribution in [0.5, 0.6) is 0 Å². The maximum atomic E-state index is 12.3. The fourth-order valence-corrected chi connectivity index (χ4v) is 4.69. The molecule has 34 heavy (non-hydrogen) atoms. The van der Waals surface area contributed by atoms with E-state index >= 15 is 0 Å². The third-order valence-corrected chi connectivity index (χ3v) is 6.67. The summed E-state index contributed by atoms with van der Waals surface area (Å²) < 4.78 is 0. The number of rotatable bonds is 10. The van der Waals surface area contributed by atoms with Gasteiger partial charge in [-0.2, -0.15) is 0 Å². The minimum absolute atomic E-state index is 0.0392. The van der Waals surface area contributed by atoms with Crippen molar-refractivity contribution in [3.05, 3.63) is 77.3 Å². The van der Waals surface area contributed by atoms with E-state index in [0.29, 0.717) is 22.9 Å². The molecule has 3 aromatic rings. The van der Waals surface area contributed by atoms with Gasteiger partial charge in [-0.1, -0.05) is 36.4 Å². The number of hydrogen-bond acceptors (Lipinski definition) is 6. The second-order valence-corrected chi connectivity index (χ2v) is 9.22. The Morgan fingerprint density at radius 2 is 1.62 bits per heavy atom. The number of amides is 2. The molecule has 178 valence electrons. The van der Waals surface area contributed by atoms with E-state index in [-0.39, 0.29) is 18.2 Å². The highest BCUT2D eigenvalue weighted by Crippen LogP contribution is 2.17. The molecular weight excluding hydrogens is 446 g/mol. The second kappa shape index (κ2) is 12.3. The summed E-state index contributed by atoms with van der Waals surface area (Å²) in [5.74, 6) is -0.241. The number of nitrogens with zero attached hydrogens (tertiary/aromatic N) is 3. The van der Waals surface area contributed by atoms with Gasteiger partial charge >= 0.3 is 0 Å². The Hall–Kier alpha value is -3.23. The van der Waals surface area contributed by atoms with Crippen LogP contribution in [-0.4, -0.2) is 61.0 Å². The topological polar surface area (TPSA) is 77.6 Å². The zero-order valence-corrected chi connectivity index (χ0v) is 20.1. The second-order valence-electron chi connectivity index (χ2n) is 8.36. The summed E-state index contributed by atoms with van der Waals surface area (Å²) >= 11 is 1.33. The van der Waals surface area contributed by atoms with E-state index in [4.69, 9.17) is 0 Å². The van der Waals surface area contributed by atoms with Gasteiger partial charge in [-0.15, -0.1) is 11.3 Å². The molecule has 7 nitrogen and oxygen atoms in total. The van der Waals surface area contributed by atoms with Gasteiger partial charge in [-0.25, -0.2) is 4.98 Å². The third kappa shape index (κ3) is 7.13. The first kappa shape index (κ1) is 23.9. The molecule has 2 heterocycles. The van der Waals surface area contributed by atoms with E-state index in [1.807, 2.05) is 23.6 Å². The number of thiazole rings is 1. The molecule has 0 spiro atoms. The first-order valence-corrected chi connectivity index (χ1v) is 12.7. The molecule has 1 aliphatic rings. The number of anilines is 2. The summed E-state index contributed by atoms with van der Waals surface area (Å²) in [6, 6.07) is 19.6. The van der Waals surface area contributed by atoms with Crippen LogP contribution in [0.1, 0.15) is 28.9 Å². The molecule has 0 unspecified atom stereocenters. The van der Waals surface area contributed by atoms with E-state index in [1.165, 1.54) is 17.0 Å². The van der Waals surface area contributed by atoms with Crippen molar-refractivity contribution in [2.75, 3.05) is 49.5 Å². The number of benzene rings is 2. The number of unbranched alkanes of at least 4 members (excludes halogenated alkanes) is 1. The fraction of sp³-hybridized carbons (Fsp3) is 0.346. The fourth-order valence-electron chi connectivity index (χ4n) is 3.99. The lowest BCUT2D eigenvalue weighted by Crippen LogP contribution is -2.46. The Balaban J connectivity index is 1.08. The van der Waals surface area contributed by atoms with Gasteiger partial charge in [0.05, 0.1) is 12.1 Å². The number of nitrogens with one attached hydrogen (secondary N) is 2. The van der Waals surface area contributed by atoms with Gasteiger partial charge in [0.15, 0.2) is 5.13 Å². The Morgan fingerprint density at radius 1 is 0.912 bits per heavy atom. The smallest absolute Gasteiger partial charge is 0.257 e. The van der Waals surface area contributed by atoms with Crippen LogP contribution in [0.2, 0.25) is 0 Å².